The fourth-order valence-corrected chi connectivity index (χ4v) is 2.34. The molecule has 0 heterocycles. The molecule has 0 aromatic heterocycles. The molecule has 3 aromatic rings. The summed E-state index contributed by atoms with van der Waals surface area (Å²) >= 11 is 0. The van der Waals surface area contributed by atoms with Gasteiger partial charge in [0.15, 0.2) is 0 Å². The van der Waals surface area contributed by atoms with E-state index >= 15 is 0 Å². The molecule has 0 aliphatic rings. The van der Waals surface area contributed by atoms with Crippen molar-refractivity contribution in [2.75, 3.05) is 6.54 Å². The van der Waals surface area contributed by atoms with Crippen LogP contribution in [0.4, 0.5) is 0 Å². The number of aliphatic imine (C=N–C) groups is 1. The van der Waals surface area contributed by atoms with E-state index in [1.54, 1.807) is 12.1 Å². The Labute approximate surface area is 141 Å². The van der Waals surface area contributed by atoms with E-state index in [1.165, 1.54) is 0 Å². The maximum Gasteiger partial charge on any atom is 0.333 e. The first-order valence-corrected chi connectivity index (χ1v) is 7.74. The molecular weight excluding hydrogens is 298 g/mol. The lowest BCUT2D eigenvalue weighted by molar-refractivity contribution is -0.132. The first kappa shape index (κ1) is 15.7. The Kier molecular flexibility index (Phi) is 5.15. The highest BCUT2D eigenvalue weighted by atomic mass is 16.5. The summed E-state index contributed by atoms with van der Waals surface area (Å²) in [6, 6.07) is 28.7. The van der Waals surface area contributed by atoms with Gasteiger partial charge in [-0.3, -0.25) is 4.99 Å². The predicted octanol–water partition coefficient (Wildman–Crippen LogP) is 4.13. The van der Waals surface area contributed by atoms with E-state index in [0.717, 1.165) is 16.8 Å². The predicted molar refractivity (Wildman–Crippen MR) is 95.5 cm³/mol. The van der Waals surface area contributed by atoms with Gasteiger partial charge in [-0.1, -0.05) is 78.9 Å². The molecule has 0 saturated carbocycles. The monoisotopic (exact) mass is 315 g/mol. The second-order valence-electron chi connectivity index (χ2n) is 5.18. The summed E-state index contributed by atoms with van der Waals surface area (Å²) in [4.78, 5) is 16.6. The second-order valence-corrected chi connectivity index (χ2v) is 5.18. The summed E-state index contributed by atoms with van der Waals surface area (Å²) in [5.41, 5.74) is 2.72. The van der Waals surface area contributed by atoms with Gasteiger partial charge in [0.2, 0.25) is 0 Å². The highest BCUT2D eigenvalue weighted by molar-refractivity contribution is 6.13. The molecule has 0 aliphatic heterocycles. The zero-order chi connectivity index (χ0) is 16.6. The van der Waals surface area contributed by atoms with Crippen LogP contribution in [0.2, 0.25) is 0 Å². The average molecular weight is 315 g/mol. The molecule has 0 unspecified atom stereocenters. The van der Waals surface area contributed by atoms with Crippen LogP contribution in [0.3, 0.4) is 0 Å². The zero-order valence-electron chi connectivity index (χ0n) is 13.1. The highest BCUT2D eigenvalue weighted by Crippen LogP contribution is 2.12. The zero-order valence-corrected chi connectivity index (χ0v) is 13.1. The van der Waals surface area contributed by atoms with Gasteiger partial charge in [0, 0.05) is 11.1 Å². The SMILES string of the molecule is O=C(CN=C(c1ccccc1)c1ccccc1)Oc1ccccc1. The molecule has 118 valence electrons. The average Bonchev–Trinajstić information content (AvgIpc) is 2.64. The minimum atomic E-state index is -0.384. The van der Waals surface area contributed by atoms with Crippen molar-refractivity contribution in [1.29, 1.82) is 0 Å². The normalized spacial score (nSPS) is 10.0. The number of benzene rings is 3. The third-order valence-corrected chi connectivity index (χ3v) is 3.44. The summed E-state index contributed by atoms with van der Waals surface area (Å²) in [6.07, 6.45) is 0. The van der Waals surface area contributed by atoms with E-state index in [9.17, 15) is 4.79 Å². The lowest BCUT2D eigenvalue weighted by atomic mass is 10.0. The van der Waals surface area contributed by atoms with Gasteiger partial charge < -0.3 is 4.74 Å². The third-order valence-electron chi connectivity index (χ3n) is 3.44. The van der Waals surface area contributed by atoms with Crippen molar-refractivity contribution < 1.29 is 9.53 Å². The van der Waals surface area contributed by atoms with Gasteiger partial charge >= 0.3 is 5.97 Å². The summed E-state index contributed by atoms with van der Waals surface area (Å²) in [7, 11) is 0. The van der Waals surface area contributed by atoms with E-state index in [2.05, 4.69) is 4.99 Å². The van der Waals surface area contributed by atoms with Crippen LogP contribution in [0.1, 0.15) is 11.1 Å². The highest BCUT2D eigenvalue weighted by Gasteiger charge is 2.09. The van der Waals surface area contributed by atoms with Gasteiger partial charge in [-0.15, -0.1) is 0 Å². The third kappa shape index (κ3) is 4.17. The van der Waals surface area contributed by atoms with Crippen LogP contribution in [0.15, 0.2) is 96.0 Å². The van der Waals surface area contributed by atoms with Gasteiger partial charge in [0.25, 0.3) is 0 Å². The molecule has 3 nitrogen and oxygen atoms in total. The summed E-state index contributed by atoms with van der Waals surface area (Å²) in [5, 5.41) is 0. The smallest absolute Gasteiger partial charge is 0.333 e. The minimum absolute atomic E-state index is 0.0337. The van der Waals surface area contributed by atoms with Gasteiger partial charge in [0.1, 0.15) is 12.3 Å². The number of para-hydroxylation sites is 1. The van der Waals surface area contributed by atoms with Crippen molar-refractivity contribution in [2.24, 2.45) is 4.99 Å². The van der Waals surface area contributed by atoms with Crippen molar-refractivity contribution >= 4 is 11.7 Å². The van der Waals surface area contributed by atoms with Gasteiger partial charge in [-0.25, -0.2) is 4.79 Å². The van der Waals surface area contributed by atoms with Crippen molar-refractivity contribution in [2.45, 2.75) is 0 Å². The van der Waals surface area contributed by atoms with Crippen LogP contribution in [0.25, 0.3) is 0 Å². The van der Waals surface area contributed by atoms with Gasteiger partial charge in [-0.05, 0) is 12.1 Å². The molecule has 0 radical (unpaired) electrons. The molecule has 0 N–H and O–H groups in total. The van der Waals surface area contributed by atoms with Crippen LogP contribution in [0, 0.1) is 0 Å². The largest absolute Gasteiger partial charge is 0.425 e. The number of carbonyl (C=O) groups excluding carboxylic acids is 1. The lowest BCUT2D eigenvalue weighted by Crippen LogP contribution is -2.14. The Morgan fingerprint density at radius 3 is 1.67 bits per heavy atom. The molecule has 0 bridgehead atoms. The quantitative estimate of drug-likeness (QED) is 0.403. The van der Waals surface area contributed by atoms with E-state index in [-0.39, 0.29) is 12.5 Å². The van der Waals surface area contributed by atoms with Crippen molar-refractivity contribution in [1.82, 2.24) is 0 Å². The maximum absolute atomic E-state index is 12.1. The van der Waals surface area contributed by atoms with Crippen LogP contribution < -0.4 is 4.74 Å². The molecule has 3 rings (SSSR count). The van der Waals surface area contributed by atoms with Gasteiger partial charge in [-0.2, -0.15) is 0 Å². The fraction of sp³-hybridized carbons (Fsp3) is 0.0476. The summed E-state index contributed by atoms with van der Waals surface area (Å²) in [6.45, 7) is -0.0337. The van der Waals surface area contributed by atoms with Gasteiger partial charge in [0.05, 0.1) is 5.71 Å². The summed E-state index contributed by atoms with van der Waals surface area (Å²) in [5.74, 6) is 0.143. The summed E-state index contributed by atoms with van der Waals surface area (Å²) < 4.78 is 5.29. The molecule has 0 amide bonds. The van der Waals surface area contributed by atoms with E-state index < -0.39 is 0 Å². The topological polar surface area (TPSA) is 38.7 Å². The standard InChI is InChI=1S/C21H17NO2/c23-20(24-19-14-8-3-9-15-19)16-22-21(17-10-4-1-5-11-17)18-12-6-2-7-13-18/h1-15H,16H2. The molecule has 0 spiro atoms. The molecule has 3 heteroatoms. The second kappa shape index (κ2) is 7.88. The van der Waals surface area contributed by atoms with Crippen molar-refractivity contribution in [3.8, 4) is 5.75 Å². The Morgan fingerprint density at radius 2 is 1.17 bits per heavy atom. The molecule has 24 heavy (non-hydrogen) atoms. The first-order chi connectivity index (χ1) is 11.8. The fourth-order valence-electron chi connectivity index (χ4n) is 2.34. The molecule has 0 atom stereocenters. The first-order valence-electron chi connectivity index (χ1n) is 7.74. The Bertz CT molecular complexity index is 771. The van der Waals surface area contributed by atoms with E-state index in [0.29, 0.717) is 5.75 Å². The van der Waals surface area contributed by atoms with E-state index in [4.69, 9.17) is 4.74 Å². The van der Waals surface area contributed by atoms with Crippen LogP contribution >= 0.6 is 0 Å². The number of rotatable bonds is 5. The van der Waals surface area contributed by atoms with Crippen LogP contribution in [0.5, 0.6) is 5.75 Å². The molecule has 0 aliphatic carbocycles. The number of carbonyl (C=O) groups is 1. The maximum atomic E-state index is 12.1. The minimum Gasteiger partial charge on any atom is -0.425 e. The number of nitrogens with zero attached hydrogens (tertiary/aromatic N) is 1. The Balaban J connectivity index is 1.81. The van der Waals surface area contributed by atoms with Crippen LogP contribution in [-0.4, -0.2) is 18.2 Å². The van der Waals surface area contributed by atoms with Crippen molar-refractivity contribution in [3.63, 3.8) is 0 Å². The number of hydrogen-bond donors (Lipinski definition) is 0. The van der Waals surface area contributed by atoms with E-state index in [1.807, 2.05) is 78.9 Å². The molecule has 0 fully saturated rings. The van der Waals surface area contributed by atoms with Crippen molar-refractivity contribution in [3.05, 3.63) is 102 Å². The molecular formula is C21H17NO2. The molecule has 3 aromatic carbocycles. The number of esters is 1. The van der Waals surface area contributed by atoms with Crippen LogP contribution in [-0.2, 0) is 4.79 Å². The number of hydrogen-bond acceptors (Lipinski definition) is 3. The number of ether oxygens (including phenoxy) is 1. The lowest BCUT2D eigenvalue weighted by Gasteiger charge is -2.08. The molecule has 0 saturated heterocycles. The Morgan fingerprint density at radius 1 is 0.708 bits per heavy atom. The Hall–Kier alpha value is -3.20.